The fourth-order valence-electron chi connectivity index (χ4n) is 3.14. The van der Waals surface area contributed by atoms with E-state index < -0.39 is 4.92 Å². The third-order valence-electron chi connectivity index (χ3n) is 4.54. The molecule has 0 aliphatic carbocycles. The standard InChI is InChI=1S/C20H23N3O4/c1-15-5-10-19(18(13-15)23(25)26)27-14-20(24)21-16-6-8-17(9-7-16)22-11-3-2-4-12-22/h5-10,13H,2-4,11-12,14H2,1H3,(H,21,24). The Morgan fingerprint density at radius 2 is 1.85 bits per heavy atom. The third-order valence-corrected chi connectivity index (χ3v) is 4.54. The average molecular weight is 369 g/mol. The van der Waals surface area contributed by atoms with Crippen molar-refractivity contribution in [2.75, 3.05) is 29.9 Å². The van der Waals surface area contributed by atoms with Gasteiger partial charge in [-0.25, -0.2) is 0 Å². The molecule has 1 heterocycles. The van der Waals surface area contributed by atoms with Crippen molar-refractivity contribution in [2.45, 2.75) is 26.2 Å². The first-order valence-corrected chi connectivity index (χ1v) is 9.05. The number of piperidine rings is 1. The summed E-state index contributed by atoms with van der Waals surface area (Å²) in [6.45, 7) is 3.60. The maximum atomic E-state index is 12.1. The van der Waals surface area contributed by atoms with E-state index in [2.05, 4.69) is 10.2 Å². The molecule has 0 atom stereocenters. The Bertz CT molecular complexity index is 814. The molecule has 2 aromatic rings. The first-order chi connectivity index (χ1) is 13.0. The second-order valence-corrected chi connectivity index (χ2v) is 6.66. The Hall–Kier alpha value is -3.09. The van der Waals surface area contributed by atoms with Gasteiger partial charge in [-0.05, 0) is 62.1 Å². The highest BCUT2D eigenvalue weighted by molar-refractivity contribution is 5.92. The summed E-state index contributed by atoms with van der Waals surface area (Å²) in [5, 5.41) is 13.8. The number of aryl methyl sites for hydroxylation is 1. The summed E-state index contributed by atoms with van der Waals surface area (Å²) in [5.74, 6) is -0.281. The number of nitro benzene ring substituents is 1. The zero-order valence-electron chi connectivity index (χ0n) is 15.3. The number of hydrogen-bond acceptors (Lipinski definition) is 5. The Balaban J connectivity index is 1.56. The van der Waals surface area contributed by atoms with Gasteiger partial charge in [0, 0.05) is 30.5 Å². The number of anilines is 2. The molecule has 3 rings (SSSR count). The summed E-state index contributed by atoms with van der Waals surface area (Å²) >= 11 is 0. The minimum absolute atomic E-state index is 0.0844. The molecule has 1 aliphatic rings. The summed E-state index contributed by atoms with van der Waals surface area (Å²) in [5.41, 5.74) is 2.43. The van der Waals surface area contributed by atoms with Crippen molar-refractivity contribution >= 4 is 23.0 Å². The van der Waals surface area contributed by atoms with Gasteiger partial charge in [0.15, 0.2) is 12.4 Å². The van der Waals surface area contributed by atoms with Gasteiger partial charge in [-0.1, -0.05) is 6.07 Å². The highest BCUT2D eigenvalue weighted by atomic mass is 16.6. The molecule has 0 aromatic heterocycles. The zero-order chi connectivity index (χ0) is 19.2. The van der Waals surface area contributed by atoms with Gasteiger partial charge in [0.1, 0.15) is 0 Å². The SMILES string of the molecule is Cc1ccc(OCC(=O)Nc2ccc(N3CCCCC3)cc2)c([N+](=O)[O-])c1. The Morgan fingerprint density at radius 1 is 1.15 bits per heavy atom. The summed E-state index contributed by atoms with van der Waals surface area (Å²) < 4.78 is 5.34. The van der Waals surface area contributed by atoms with Crippen molar-refractivity contribution in [1.82, 2.24) is 0 Å². The molecule has 1 N–H and O–H groups in total. The molecule has 1 saturated heterocycles. The van der Waals surface area contributed by atoms with Crippen molar-refractivity contribution in [2.24, 2.45) is 0 Å². The van der Waals surface area contributed by atoms with Crippen LogP contribution in [0.25, 0.3) is 0 Å². The van der Waals surface area contributed by atoms with Gasteiger partial charge in [-0.15, -0.1) is 0 Å². The first kappa shape index (κ1) is 18.7. The van der Waals surface area contributed by atoms with Crippen molar-refractivity contribution < 1.29 is 14.5 Å². The first-order valence-electron chi connectivity index (χ1n) is 9.05. The summed E-state index contributed by atoms with van der Waals surface area (Å²) in [4.78, 5) is 25.0. The molecule has 1 fully saturated rings. The number of amides is 1. The number of ether oxygens (including phenoxy) is 1. The lowest BCUT2D eigenvalue weighted by atomic mass is 10.1. The summed E-state index contributed by atoms with van der Waals surface area (Å²) in [6.07, 6.45) is 3.70. The smallest absolute Gasteiger partial charge is 0.311 e. The van der Waals surface area contributed by atoms with E-state index in [-0.39, 0.29) is 24.0 Å². The van der Waals surface area contributed by atoms with Gasteiger partial charge in [0.25, 0.3) is 5.91 Å². The van der Waals surface area contributed by atoms with E-state index in [1.54, 1.807) is 13.0 Å². The Morgan fingerprint density at radius 3 is 2.52 bits per heavy atom. The van der Waals surface area contributed by atoms with Crippen molar-refractivity contribution in [1.29, 1.82) is 0 Å². The summed E-state index contributed by atoms with van der Waals surface area (Å²) in [7, 11) is 0. The molecule has 0 radical (unpaired) electrons. The maximum absolute atomic E-state index is 12.1. The molecule has 0 unspecified atom stereocenters. The van der Waals surface area contributed by atoms with Crippen LogP contribution in [0.1, 0.15) is 24.8 Å². The van der Waals surface area contributed by atoms with Gasteiger partial charge < -0.3 is 15.0 Å². The number of nitrogens with zero attached hydrogens (tertiary/aromatic N) is 2. The van der Waals surface area contributed by atoms with Crippen LogP contribution in [0.3, 0.4) is 0 Å². The molecule has 1 amide bonds. The van der Waals surface area contributed by atoms with Gasteiger partial charge in [-0.3, -0.25) is 14.9 Å². The molecular formula is C20H23N3O4. The highest BCUT2D eigenvalue weighted by Crippen LogP contribution is 2.27. The average Bonchev–Trinajstić information content (AvgIpc) is 2.68. The van der Waals surface area contributed by atoms with Gasteiger partial charge in [0.05, 0.1) is 4.92 Å². The number of nitrogens with one attached hydrogen (secondary N) is 1. The second kappa shape index (κ2) is 8.53. The molecule has 1 aliphatic heterocycles. The third kappa shape index (κ3) is 4.97. The largest absolute Gasteiger partial charge is 0.477 e. The van der Waals surface area contributed by atoms with E-state index in [1.165, 1.54) is 31.4 Å². The number of nitro groups is 1. The summed E-state index contributed by atoms with van der Waals surface area (Å²) in [6, 6.07) is 12.3. The van der Waals surface area contributed by atoms with E-state index in [1.807, 2.05) is 24.3 Å². The Kier molecular flexibility index (Phi) is 5.90. The van der Waals surface area contributed by atoms with E-state index >= 15 is 0 Å². The molecular weight excluding hydrogens is 346 g/mol. The normalized spacial score (nSPS) is 13.9. The molecule has 7 nitrogen and oxygen atoms in total. The molecule has 0 spiro atoms. The number of hydrogen-bond donors (Lipinski definition) is 1. The number of carbonyl (C=O) groups is 1. The molecule has 27 heavy (non-hydrogen) atoms. The van der Waals surface area contributed by atoms with Crippen LogP contribution in [0.4, 0.5) is 17.1 Å². The quantitative estimate of drug-likeness (QED) is 0.616. The van der Waals surface area contributed by atoms with Crippen molar-refractivity contribution in [3.8, 4) is 5.75 Å². The lowest BCUT2D eigenvalue weighted by molar-refractivity contribution is -0.385. The van der Waals surface area contributed by atoms with Crippen LogP contribution in [0.2, 0.25) is 0 Å². The minimum atomic E-state index is -0.514. The second-order valence-electron chi connectivity index (χ2n) is 6.66. The fourth-order valence-corrected chi connectivity index (χ4v) is 3.14. The van der Waals surface area contributed by atoms with Crippen LogP contribution < -0.4 is 15.0 Å². The van der Waals surface area contributed by atoms with Crippen LogP contribution in [0.15, 0.2) is 42.5 Å². The predicted octanol–water partition coefficient (Wildman–Crippen LogP) is 3.91. The molecule has 2 aromatic carbocycles. The van der Waals surface area contributed by atoms with E-state index in [9.17, 15) is 14.9 Å². The topological polar surface area (TPSA) is 84.7 Å². The number of benzene rings is 2. The van der Waals surface area contributed by atoms with E-state index in [0.717, 1.165) is 24.3 Å². The van der Waals surface area contributed by atoms with E-state index in [0.29, 0.717) is 5.69 Å². The van der Waals surface area contributed by atoms with Crippen LogP contribution in [0.5, 0.6) is 5.75 Å². The monoisotopic (exact) mass is 369 g/mol. The lowest BCUT2D eigenvalue weighted by Gasteiger charge is -2.28. The Labute approximate surface area is 158 Å². The van der Waals surface area contributed by atoms with Crippen molar-refractivity contribution in [3.05, 3.63) is 58.1 Å². The predicted molar refractivity (Wildman–Crippen MR) is 104 cm³/mol. The molecule has 142 valence electrons. The highest BCUT2D eigenvalue weighted by Gasteiger charge is 2.16. The van der Waals surface area contributed by atoms with Crippen LogP contribution >= 0.6 is 0 Å². The van der Waals surface area contributed by atoms with Gasteiger partial charge in [-0.2, -0.15) is 0 Å². The van der Waals surface area contributed by atoms with Crippen LogP contribution in [-0.4, -0.2) is 30.5 Å². The van der Waals surface area contributed by atoms with Gasteiger partial charge >= 0.3 is 5.69 Å². The number of carbonyl (C=O) groups excluding carboxylic acids is 1. The van der Waals surface area contributed by atoms with Gasteiger partial charge in [0.2, 0.25) is 0 Å². The molecule has 0 bridgehead atoms. The molecule has 7 heteroatoms. The fraction of sp³-hybridized carbons (Fsp3) is 0.350. The zero-order valence-corrected chi connectivity index (χ0v) is 15.3. The van der Waals surface area contributed by atoms with E-state index in [4.69, 9.17) is 4.74 Å². The van der Waals surface area contributed by atoms with Crippen LogP contribution in [-0.2, 0) is 4.79 Å². The van der Waals surface area contributed by atoms with Crippen LogP contribution in [0, 0.1) is 17.0 Å². The number of rotatable bonds is 6. The lowest BCUT2D eigenvalue weighted by Crippen LogP contribution is -2.29. The minimum Gasteiger partial charge on any atom is -0.477 e. The van der Waals surface area contributed by atoms with Crippen molar-refractivity contribution in [3.63, 3.8) is 0 Å². The maximum Gasteiger partial charge on any atom is 0.311 e. The molecule has 0 saturated carbocycles.